The van der Waals surface area contributed by atoms with E-state index in [2.05, 4.69) is 6.92 Å². The fourth-order valence-corrected chi connectivity index (χ4v) is 2.57. The van der Waals surface area contributed by atoms with E-state index in [0.29, 0.717) is 6.42 Å². The maximum atomic E-state index is 11.7. The van der Waals surface area contributed by atoms with Crippen LogP contribution in [-0.4, -0.2) is 10.5 Å². The number of hydrogen-bond acceptors (Lipinski definition) is 1. The molecule has 0 bridgehead atoms. The Balaban J connectivity index is 1.82. The van der Waals surface area contributed by atoms with Crippen LogP contribution in [0.2, 0.25) is 0 Å². The monoisotopic (exact) mass is 277 g/mol. The van der Waals surface area contributed by atoms with Gasteiger partial charge in [-0.05, 0) is 18.6 Å². The maximum absolute atomic E-state index is 11.7. The molecule has 0 N–H and O–H groups in total. The van der Waals surface area contributed by atoms with Crippen molar-refractivity contribution < 1.29 is 4.79 Å². The summed E-state index contributed by atoms with van der Waals surface area (Å²) in [5.74, 6) is 0.228. The minimum absolute atomic E-state index is 0.228. The molecule has 0 radical (unpaired) electrons. The average molecular weight is 277 g/mol. The SMILES string of the molecule is CCCCCCCCCCCCCC(=O)n1cccc1. The van der Waals surface area contributed by atoms with Gasteiger partial charge in [-0.15, -0.1) is 0 Å². The second kappa shape index (κ2) is 11.7. The predicted octanol–water partition coefficient (Wildman–Crippen LogP) is 5.83. The Morgan fingerprint density at radius 1 is 0.750 bits per heavy atom. The van der Waals surface area contributed by atoms with Crippen molar-refractivity contribution >= 4 is 5.91 Å². The highest BCUT2D eigenvalue weighted by Crippen LogP contribution is 2.12. The van der Waals surface area contributed by atoms with Crippen molar-refractivity contribution in [3.63, 3.8) is 0 Å². The zero-order valence-electron chi connectivity index (χ0n) is 13.2. The number of carbonyl (C=O) groups is 1. The molecule has 0 atom stereocenters. The highest BCUT2D eigenvalue weighted by molar-refractivity contribution is 5.78. The van der Waals surface area contributed by atoms with E-state index >= 15 is 0 Å². The van der Waals surface area contributed by atoms with Gasteiger partial charge in [-0.1, -0.05) is 71.1 Å². The third-order valence-corrected chi connectivity index (χ3v) is 3.89. The highest BCUT2D eigenvalue weighted by Gasteiger charge is 2.02. The van der Waals surface area contributed by atoms with Crippen LogP contribution in [0, 0.1) is 0 Å². The summed E-state index contributed by atoms with van der Waals surface area (Å²) in [5.41, 5.74) is 0. The van der Waals surface area contributed by atoms with E-state index in [1.165, 1.54) is 64.2 Å². The van der Waals surface area contributed by atoms with E-state index in [-0.39, 0.29) is 5.91 Å². The van der Waals surface area contributed by atoms with Crippen LogP contribution in [-0.2, 0) is 0 Å². The van der Waals surface area contributed by atoms with Crippen molar-refractivity contribution in [2.24, 2.45) is 0 Å². The molecule has 0 aliphatic carbocycles. The molecule has 0 unspecified atom stereocenters. The number of carbonyl (C=O) groups excluding carboxylic acids is 1. The second-order valence-corrected chi connectivity index (χ2v) is 5.77. The molecule has 0 saturated carbocycles. The molecule has 1 rings (SSSR count). The van der Waals surface area contributed by atoms with Crippen molar-refractivity contribution in [3.8, 4) is 0 Å². The normalized spacial score (nSPS) is 10.8. The Labute approximate surface area is 124 Å². The summed E-state index contributed by atoms with van der Waals surface area (Å²) in [7, 11) is 0. The number of aromatic nitrogens is 1. The van der Waals surface area contributed by atoms with Gasteiger partial charge in [-0.2, -0.15) is 0 Å². The number of hydrogen-bond donors (Lipinski definition) is 0. The van der Waals surface area contributed by atoms with E-state index in [1.54, 1.807) is 4.57 Å². The molecule has 20 heavy (non-hydrogen) atoms. The summed E-state index contributed by atoms with van der Waals surface area (Å²) >= 11 is 0. The zero-order chi connectivity index (χ0) is 14.5. The molecule has 1 heterocycles. The lowest BCUT2D eigenvalue weighted by molar-refractivity contribution is 0.0899. The van der Waals surface area contributed by atoms with E-state index < -0.39 is 0 Å². The fraction of sp³-hybridized carbons (Fsp3) is 0.722. The standard InChI is InChI=1S/C18H31NO/c1-2-3-4-5-6-7-8-9-10-11-12-15-18(20)19-16-13-14-17-19/h13-14,16-17H,2-12,15H2,1H3. The van der Waals surface area contributed by atoms with Crippen LogP contribution in [0.3, 0.4) is 0 Å². The van der Waals surface area contributed by atoms with Crippen molar-refractivity contribution in [1.82, 2.24) is 4.57 Å². The molecule has 0 amide bonds. The molecule has 1 aromatic heterocycles. The smallest absolute Gasteiger partial charge is 0.230 e. The molecule has 2 heteroatoms. The fourth-order valence-electron chi connectivity index (χ4n) is 2.57. The van der Waals surface area contributed by atoms with Crippen LogP contribution in [0.1, 0.15) is 88.8 Å². The Hall–Kier alpha value is -1.05. The number of unbranched alkanes of at least 4 members (excludes halogenated alkanes) is 10. The molecule has 0 fully saturated rings. The van der Waals surface area contributed by atoms with Gasteiger partial charge in [0.25, 0.3) is 0 Å². The van der Waals surface area contributed by atoms with Gasteiger partial charge < -0.3 is 0 Å². The first-order valence-electron chi connectivity index (χ1n) is 8.50. The van der Waals surface area contributed by atoms with Gasteiger partial charge >= 0.3 is 0 Å². The van der Waals surface area contributed by atoms with Crippen LogP contribution in [0.4, 0.5) is 0 Å². The van der Waals surface area contributed by atoms with Crippen LogP contribution in [0.15, 0.2) is 24.5 Å². The minimum Gasteiger partial charge on any atom is -0.295 e. The molecule has 2 nitrogen and oxygen atoms in total. The van der Waals surface area contributed by atoms with E-state index in [9.17, 15) is 4.79 Å². The summed E-state index contributed by atoms with van der Waals surface area (Å²) in [6.07, 6.45) is 19.0. The van der Waals surface area contributed by atoms with Gasteiger partial charge in [0.2, 0.25) is 5.91 Å². The Morgan fingerprint density at radius 3 is 1.70 bits per heavy atom. The zero-order valence-corrected chi connectivity index (χ0v) is 13.2. The van der Waals surface area contributed by atoms with Crippen molar-refractivity contribution in [3.05, 3.63) is 24.5 Å². The van der Waals surface area contributed by atoms with Crippen LogP contribution < -0.4 is 0 Å². The Bertz CT molecular complexity index is 329. The van der Waals surface area contributed by atoms with Gasteiger partial charge in [-0.25, -0.2) is 0 Å². The largest absolute Gasteiger partial charge is 0.295 e. The number of nitrogens with zero attached hydrogens (tertiary/aromatic N) is 1. The van der Waals surface area contributed by atoms with Gasteiger partial charge in [0.05, 0.1) is 0 Å². The average Bonchev–Trinajstić information content (AvgIpc) is 2.99. The van der Waals surface area contributed by atoms with Crippen LogP contribution >= 0.6 is 0 Å². The van der Waals surface area contributed by atoms with Gasteiger partial charge in [0.15, 0.2) is 0 Å². The van der Waals surface area contributed by atoms with Gasteiger partial charge in [0, 0.05) is 18.8 Å². The van der Waals surface area contributed by atoms with Crippen molar-refractivity contribution in [2.75, 3.05) is 0 Å². The third-order valence-electron chi connectivity index (χ3n) is 3.89. The second-order valence-electron chi connectivity index (χ2n) is 5.77. The summed E-state index contributed by atoms with van der Waals surface area (Å²) < 4.78 is 1.69. The van der Waals surface area contributed by atoms with E-state index in [0.717, 1.165) is 6.42 Å². The molecule has 0 aromatic carbocycles. The molecule has 114 valence electrons. The summed E-state index contributed by atoms with van der Waals surface area (Å²) in [6, 6.07) is 3.80. The quantitative estimate of drug-likeness (QED) is 0.441. The van der Waals surface area contributed by atoms with E-state index in [1.807, 2.05) is 24.5 Å². The highest BCUT2D eigenvalue weighted by atomic mass is 16.1. The summed E-state index contributed by atoms with van der Waals surface area (Å²) in [6.45, 7) is 2.26. The maximum Gasteiger partial charge on any atom is 0.230 e. The molecule has 0 aliphatic heterocycles. The first-order valence-corrected chi connectivity index (χ1v) is 8.50. The Kier molecular flexibility index (Phi) is 9.99. The first-order chi connectivity index (χ1) is 9.84. The molecular weight excluding hydrogens is 246 g/mol. The summed E-state index contributed by atoms with van der Waals surface area (Å²) in [4.78, 5) is 11.7. The topological polar surface area (TPSA) is 22.0 Å². The van der Waals surface area contributed by atoms with Gasteiger partial charge in [-0.3, -0.25) is 9.36 Å². The van der Waals surface area contributed by atoms with Crippen LogP contribution in [0.5, 0.6) is 0 Å². The Morgan fingerprint density at radius 2 is 1.20 bits per heavy atom. The third kappa shape index (κ3) is 8.19. The van der Waals surface area contributed by atoms with Crippen molar-refractivity contribution in [2.45, 2.75) is 84.0 Å². The van der Waals surface area contributed by atoms with Gasteiger partial charge in [0.1, 0.15) is 0 Å². The van der Waals surface area contributed by atoms with E-state index in [4.69, 9.17) is 0 Å². The summed E-state index contributed by atoms with van der Waals surface area (Å²) in [5, 5.41) is 0. The molecule has 1 aromatic rings. The molecule has 0 saturated heterocycles. The lowest BCUT2D eigenvalue weighted by atomic mass is 10.1. The van der Waals surface area contributed by atoms with Crippen molar-refractivity contribution in [1.29, 1.82) is 0 Å². The lowest BCUT2D eigenvalue weighted by Gasteiger charge is -2.03. The molecule has 0 spiro atoms. The first kappa shape index (κ1) is 17.0. The molecular formula is C18H31NO. The molecule has 0 aliphatic rings. The number of rotatable bonds is 12. The van der Waals surface area contributed by atoms with Crippen LogP contribution in [0.25, 0.3) is 0 Å². The lowest BCUT2D eigenvalue weighted by Crippen LogP contribution is -2.07. The predicted molar refractivity (Wildman–Crippen MR) is 86.1 cm³/mol. The minimum atomic E-state index is 0.228.